The van der Waals surface area contributed by atoms with Crippen LogP contribution in [0.2, 0.25) is 0 Å². The van der Waals surface area contributed by atoms with E-state index in [4.69, 9.17) is 0 Å². The number of nitrogens with zero attached hydrogens (tertiary/aromatic N) is 2. The van der Waals surface area contributed by atoms with Gasteiger partial charge in [0.15, 0.2) is 11.5 Å². The van der Waals surface area contributed by atoms with Gasteiger partial charge in [-0.05, 0) is 19.3 Å². The second-order valence-corrected chi connectivity index (χ2v) is 3.79. The second kappa shape index (κ2) is 3.08. The van der Waals surface area contributed by atoms with Crippen LogP contribution in [0.4, 0.5) is 5.82 Å². The van der Waals surface area contributed by atoms with Gasteiger partial charge >= 0.3 is 5.69 Å². The molecule has 1 aliphatic rings. The van der Waals surface area contributed by atoms with Crippen molar-refractivity contribution in [1.29, 1.82) is 0 Å². The van der Waals surface area contributed by atoms with Crippen molar-refractivity contribution in [2.24, 2.45) is 0 Å². The molecule has 1 fully saturated rings. The van der Waals surface area contributed by atoms with E-state index in [1.807, 2.05) is 0 Å². The smallest absolute Gasteiger partial charge is 0.348 e. The van der Waals surface area contributed by atoms with Crippen LogP contribution in [0, 0.1) is 0 Å². The fourth-order valence-electron chi connectivity index (χ4n) is 1.71. The van der Waals surface area contributed by atoms with E-state index in [0.717, 1.165) is 18.4 Å². The summed E-state index contributed by atoms with van der Waals surface area (Å²) in [6.45, 7) is 0. The number of aromatic amines is 2. The molecule has 2 heterocycles. The highest BCUT2D eigenvalue weighted by Crippen LogP contribution is 2.24. The number of aromatic nitrogens is 4. The number of H-pyrrole nitrogens is 2. The third-order valence-corrected chi connectivity index (χ3v) is 2.76. The average Bonchev–Trinajstić information content (AvgIpc) is 2.58. The third-order valence-electron chi connectivity index (χ3n) is 2.76. The van der Waals surface area contributed by atoms with E-state index in [-0.39, 0.29) is 5.69 Å². The van der Waals surface area contributed by atoms with Gasteiger partial charge in [-0.1, -0.05) is 0 Å². The first kappa shape index (κ1) is 8.46. The monoisotopic (exact) mass is 205 g/mol. The summed E-state index contributed by atoms with van der Waals surface area (Å²) in [7, 11) is 0. The van der Waals surface area contributed by atoms with E-state index in [0.29, 0.717) is 17.5 Å². The lowest BCUT2D eigenvalue weighted by atomic mass is 9.93. The fraction of sp³-hybridized carbons (Fsp3) is 0.444. The minimum atomic E-state index is -0.364. The van der Waals surface area contributed by atoms with Crippen LogP contribution < -0.4 is 11.0 Å². The summed E-state index contributed by atoms with van der Waals surface area (Å²) in [6, 6.07) is 0.450. The number of fused-ring (bicyclic) bond motifs is 1. The number of anilines is 1. The molecule has 6 heteroatoms. The average molecular weight is 205 g/mol. The topological polar surface area (TPSA) is 86.5 Å². The first-order valence-corrected chi connectivity index (χ1v) is 5.03. The molecule has 3 rings (SSSR count). The second-order valence-electron chi connectivity index (χ2n) is 3.79. The molecule has 0 atom stereocenters. The van der Waals surface area contributed by atoms with Gasteiger partial charge in [-0.2, -0.15) is 4.98 Å². The Bertz CT molecular complexity index is 539. The molecule has 3 N–H and O–H groups in total. The predicted octanol–water partition coefficient (Wildman–Crippen LogP) is 0.611. The third kappa shape index (κ3) is 1.38. The van der Waals surface area contributed by atoms with Gasteiger partial charge in [-0.3, -0.25) is 4.98 Å². The Balaban J connectivity index is 2.06. The molecule has 1 saturated carbocycles. The molecule has 78 valence electrons. The van der Waals surface area contributed by atoms with Crippen molar-refractivity contribution in [2.75, 3.05) is 5.32 Å². The van der Waals surface area contributed by atoms with Crippen LogP contribution in [0.25, 0.3) is 11.2 Å². The van der Waals surface area contributed by atoms with Gasteiger partial charge < -0.3 is 10.3 Å². The predicted molar refractivity (Wildman–Crippen MR) is 55.8 cm³/mol. The van der Waals surface area contributed by atoms with Crippen LogP contribution in [-0.4, -0.2) is 26.0 Å². The molecule has 6 nitrogen and oxygen atoms in total. The number of nitrogens with one attached hydrogen (secondary N) is 3. The molecule has 0 bridgehead atoms. The Kier molecular flexibility index (Phi) is 1.74. The number of hydrogen-bond donors (Lipinski definition) is 3. The van der Waals surface area contributed by atoms with Crippen molar-refractivity contribution in [1.82, 2.24) is 19.9 Å². The van der Waals surface area contributed by atoms with E-state index in [9.17, 15) is 4.79 Å². The lowest BCUT2D eigenvalue weighted by Gasteiger charge is -2.26. The largest absolute Gasteiger partial charge is 0.365 e. The van der Waals surface area contributed by atoms with E-state index >= 15 is 0 Å². The zero-order valence-corrected chi connectivity index (χ0v) is 8.08. The van der Waals surface area contributed by atoms with Crippen molar-refractivity contribution in [3.05, 3.63) is 16.8 Å². The van der Waals surface area contributed by atoms with Gasteiger partial charge in [-0.25, -0.2) is 9.78 Å². The van der Waals surface area contributed by atoms with Crippen LogP contribution in [0.1, 0.15) is 19.3 Å². The summed E-state index contributed by atoms with van der Waals surface area (Å²) < 4.78 is 0. The van der Waals surface area contributed by atoms with Crippen molar-refractivity contribution in [3.63, 3.8) is 0 Å². The maximum absolute atomic E-state index is 11.2. The fourth-order valence-corrected chi connectivity index (χ4v) is 1.71. The molecule has 0 amide bonds. The molecule has 0 saturated heterocycles. The molecule has 2 aromatic rings. The Morgan fingerprint density at radius 1 is 1.47 bits per heavy atom. The highest BCUT2D eigenvalue weighted by atomic mass is 16.1. The molecule has 0 aliphatic heterocycles. The zero-order valence-electron chi connectivity index (χ0n) is 8.08. The highest BCUT2D eigenvalue weighted by Gasteiger charge is 2.19. The van der Waals surface area contributed by atoms with Gasteiger partial charge in [0.1, 0.15) is 5.52 Å². The maximum atomic E-state index is 11.2. The van der Waals surface area contributed by atoms with Gasteiger partial charge in [0.25, 0.3) is 0 Å². The molecule has 15 heavy (non-hydrogen) atoms. The molecule has 0 aromatic carbocycles. The lowest BCUT2D eigenvalue weighted by molar-refractivity contribution is 0.444. The Labute approximate surface area is 85.1 Å². The van der Waals surface area contributed by atoms with E-state index < -0.39 is 0 Å². The molecule has 0 radical (unpaired) electrons. The number of rotatable bonds is 2. The summed E-state index contributed by atoms with van der Waals surface area (Å²) in [4.78, 5) is 24.7. The Hall–Kier alpha value is -1.85. The summed E-state index contributed by atoms with van der Waals surface area (Å²) in [6.07, 6.45) is 5.08. The summed E-state index contributed by atoms with van der Waals surface area (Å²) in [5.74, 6) is 0.607. The quantitative estimate of drug-likeness (QED) is 0.670. The summed E-state index contributed by atoms with van der Waals surface area (Å²) >= 11 is 0. The highest BCUT2D eigenvalue weighted by molar-refractivity contribution is 5.82. The van der Waals surface area contributed by atoms with Crippen molar-refractivity contribution < 1.29 is 0 Å². The van der Waals surface area contributed by atoms with Crippen LogP contribution in [-0.2, 0) is 0 Å². The molecule has 0 unspecified atom stereocenters. The minimum Gasteiger partial charge on any atom is -0.365 e. The van der Waals surface area contributed by atoms with E-state index in [1.54, 1.807) is 6.33 Å². The van der Waals surface area contributed by atoms with Gasteiger partial charge in [0.2, 0.25) is 0 Å². The summed E-state index contributed by atoms with van der Waals surface area (Å²) in [5.41, 5.74) is 0.953. The molecular weight excluding hydrogens is 194 g/mol. The van der Waals surface area contributed by atoms with Crippen molar-refractivity contribution in [3.8, 4) is 0 Å². The zero-order chi connectivity index (χ0) is 10.3. The number of hydrogen-bond acceptors (Lipinski definition) is 4. The van der Waals surface area contributed by atoms with Crippen LogP contribution in [0.15, 0.2) is 11.1 Å². The summed E-state index contributed by atoms with van der Waals surface area (Å²) in [5, 5.41) is 3.25. The van der Waals surface area contributed by atoms with Crippen molar-refractivity contribution >= 4 is 17.0 Å². The Morgan fingerprint density at radius 2 is 2.33 bits per heavy atom. The lowest BCUT2D eigenvalue weighted by Crippen LogP contribution is -2.29. The molecular formula is C9H11N5O. The van der Waals surface area contributed by atoms with Gasteiger partial charge in [0, 0.05) is 6.04 Å². The molecule has 1 aliphatic carbocycles. The van der Waals surface area contributed by atoms with Crippen molar-refractivity contribution in [2.45, 2.75) is 25.3 Å². The maximum Gasteiger partial charge on any atom is 0.348 e. The van der Waals surface area contributed by atoms with Gasteiger partial charge in [0.05, 0.1) is 6.33 Å². The standard InChI is InChI=1S/C9H11N5O/c15-9-13-7-6(10-4-11-7)8(14-9)12-5-2-1-3-5/h4-5H,1-3H2,(H3,10,11,12,13,14,15). The van der Waals surface area contributed by atoms with E-state index in [1.165, 1.54) is 6.42 Å². The normalized spacial score (nSPS) is 16.5. The number of imidazole rings is 1. The van der Waals surface area contributed by atoms with Gasteiger partial charge in [-0.15, -0.1) is 0 Å². The first-order chi connectivity index (χ1) is 7.33. The van der Waals surface area contributed by atoms with E-state index in [2.05, 4.69) is 25.3 Å². The molecule has 0 spiro atoms. The first-order valence-electron chi connectivity index (χ1n) is 5.03. The SMILES string of the molecule is O=c1nc(NC2CCC2)c2[nH]cnc2[nH]1. The minimum absolute atomic E-state index is 0.364. The van der Waals surface area contributed by atoms with Crippen LogP contribution in [0.5, 0.6) is 0 Å². The Morgan fingerprint density at radius 3 is 3.07 bits per heavy atom. The van der Waals surface area contributed by atoms with Crippen LogP contribution in [0.3, 0.4) is 0 Å². The van der Waals surface area contributed by atoms with Crippen LogP contribution >= 0.6 is 0 Å². The molecule has 2 aromatic heterocycles.